The third-order valence-electron chi connectivity index (χ3n) is 3.29. The Morgan fingerprint density at radius 2 is 1.91 bits per heavy atom. The lowest BCUT2D eigenvalue weighted by Crippen LogP contribution is -2.43. The van der Waals surface area contributed by atoms with Crippen molar-refractivity contribution in [2.24, 2.45) is 0 Å². The van der Waals surface area contributed by atoms with E-state index >= 15 is 0 Å². The second-order valence-electron chi connectivity index (χ2n) is 6.42. The van der Waals surface area contributed by atoms with Crippen molar-refractivity contribution >= 4 is 12.1 Å². The van der Waals surface area contributed by atoms with E-state index in [2.05, 4.69) is 4.98 Å². The molecular weight excluding hydrogens is 303 g/mol. The van der Waals surface area contributed by atoms with Gasteiger partial charge in [0.05, 0.1) is 0 Å². The van der Waals surface area contributed by atoms with Crippen LogP contribution in [-0.4, -0.2) is 46.7 Å². The van der Waals surface area contributed by atoms with Crippen LogP contribution in [0, 0.1) is 5.95 Å². The predicted octanol–water partition coefficient (Wildman–Crippen LogP) is 2.78. The van der Waals surface area contributed by atoms with Gasteiger partial charge in [0.15, 0.2) is 5.69 Å². The van der Waals surface area contributed by atoms with Crippen LogP contribution < -0.4 is 0 Å². The van der Waals surface area contributed by atoms with Gasteiger partial charge in [0.2, 0.25) is 5.95 Å². The molecule has 0 aromatic carbocycles. The number of pyridine rings is 1. The molecule has 0 radical (unpaired) electrons. The van der Waals surface area contributed by atoms with Gasteiger partial charge in [-0.15, -0.1) is 0 Å². The van der Waals surface area contributed by atoms with Gasteiger partial charge in [-0.25, -0.2) is 14.6 Å². The van der Waals surface area contributed by atoms with Crippen molar-refractivity contribution in [3.63, 3.8) is 0 Å². The molecule has 1 aromatic heterocycles. The fourth-order valence-electron chi connectivity index (χ4n) is 2.22. The fraction of sp³-hybridized carbons (Fsp3) is 0.562. The normalized spacial score (nSPS) is 16.1. The summed E-state index contributed by atoms with van der Waals surface area (Å²) in [7, 11) is 0. The molecule has 1 fully saturated rings. The molecule has 23 heavy (non-hydrogen) atoms. The fourth-order valence-corrected chi connectivity index (χ4v) is 2.22. The van der Waals surface area contributed by atoms with E-state index in [1.807, 2.05) is 20.8 Å². The largest absolute Gasteiger partial charge is 0.458 e. The van der Waals surface area contributed by atoms with Crippen molar-refractivity contribution in [2.75, 3.05) is 13.1 Å². The van der Waals surface area contributed by atoms with Gasteiger partial charge in [0.25, 0.3) is 0 Å². The number of likely N-dealkylation sites (tertiary alicyclic amines) is 1. The number of halogens is 1. The highest BCUT2D eigenvalue weighted by Crippen LogP contribution is 2.18. The zero-order valence-electron chi connectivity index (χ0n) is 13.5. The smallest absolute Gasteiger partial charge is 0.410 e. The maximum Gasteiger partial charge on any atom is 0.410 e. The van der Waals surface area contributed by atoms with Crippen LogP contribution in [0.2, 0.25) is 0 Å². The summed E-state index contributed by atoms with van der Waals surface area (Å²) in [5, 5.41) is 0. The van der Waals surface area contributed by atoms with Gasteiger partial charge in [-0.3, -0.25) is 0 Å². The van der Waals surface area contributed by atoms with Gasteiger partial charge in [0.1, 0.15) is 11.7 Å². The maximum atomic E-state index is 13.0. The minimum atomic E-state index is -0.723. The topological polar surface area (TPSA) is 68.7 Å². The van der Waals surface area contributed by atoms with E-state index in [9.17, 15) is 14.0 Å². The van der Waals surface area contributed by atoms with Crippen LogP contribution in [0.3, 0.4) is 0 Å². The number of piperidine rings is 1. The van der Waals surface area contributed by atoms with Crippen LogP contribution >= 0.6 is 0 Å². The van der Waals surface area contributed by atoms with Crippen LogP contribution in [0.4, 0.5) is 9.18 Å². The Balaban J connectivity index is 1.83. The summed E-state index contributed by atoms with van der Waals surface area (Å²) < 4.78 is 23.6. The van der Waals surface area contributed by atoms with Crippen LogP contribution in [0.15, 0.2) is 18.2 Å². The number of esters is 1. The van der Waals surface area contributed by atoms with Gasteiger partial charge in [-0.2, -0.15) is 4.39 Å². The van der Waals surface area contributed by atoms with Gasteiger partial charge < -0.3 is 14.4 Å². The molecule has 2 rings (SSSR count). The second-order valence-corrected chi connectivity index (χ2v) is 6.42. The molecule has 0 aliphatic carbocycles. The Labute approximate surface area is 134 Å². The average molecular weight is 324 g/mol. The number of hydrogen-bond donors (Lipinski definition) is 0. The molecule has 1 aromatic rings. The first kappa shape index (κ1) is 17.2. The van der Waals surface area contributed by atoms with Crippen molar-refractivity contribution in [1.29, 1.82) is 0 Å². The first-order valence-corrected chi connectivity index (χ1v) is 7.56. The quantitative estimate of drug-likeness (QED) is 0.618. The molecular formula is C16H21FN2O4. The van der Waals surface area contributed by atoms with Crippen molar-refractivity contribution in [2.45, 2.75) is 45.3 Å². The summed E-state index contributed by atoms with van der Waals surface area (Å²) in [5.41, 5.74) is -0.594. The standard InChI is InChI=1S/C16H21FN2O4/c1-16(2,3)23-15(21)19-9-7-11(8-10-19)22-14(20)12-5-4-6-13(17)18-12/h4-6,11H,7-10H2,1-3H3. The number of ether oxygens (including phenoxy) is 2. The van der Waals surface area contributed by atoms with E-state index in [1.54, 1.807) is 4.90 Å². The zero-order valence-corrected chi connectivity index (χ0v) is 13.5. The summed E-state index contributed by atoms with van der Waals surface area (Å²) in [6.45, 7) is 6.33. The first-order chi connectivity index (χ1) is 10.7. The lowest BCUT2D eigenvalue weighted by atomic mass is 10.1. The SMILES string of the molecule is CC(C)(C)OC(=O)N1CCC(OC(=O)c2cccc(F)n2)CC1. The summed E-state index contributed by atoms with van der Waals surface area (Å²) in [6.07, 6.45) is 0.348. The molecule has 6 nitrogen and oxygen atoms in total. The van der Waals surface area contributed by atoms with Gasteiger partial charge in [-0.1, -0.05) is 6.07 Å². The number of carbonyl (C=O) groups excluding carboxylic acids is 2. The third-order valence-corrected chi connectivity index (χ3v) is 3.29. The molecule has 1 aliphatic heterocycles. The highest BCUT2D eigenvalue weighted by molar-refractivity contribution is 5.87. The van der Waals surface area contributed by atoms with Crippen molar-refractivity contribution in [3.8, 4) is 0 Å². The van der Waals surface area contributed by atoms with Gasteiger partial charge >= 0.3 is 12.1 Å². The van der Waals surface area contributed by atoms with E-state index in [0.717, 1.165) is 6.07 Å². The minimum Gasteiger partial charge on any atom is -0.458 e. The van der Waals surface area contributed by atoms with Gasteiger partial charge in [-0.05, 0) is 32.9 Å². The summed E-state index contributed by atoms with van der Waals surface area (Å²) >= 11 is 0. The predicted molar refractivity (Wildman–Crippen MR) is 80.4 cm³/mol. The lowest BCUT2D eigenvalue weighted by Gasteiger charge is -2.33. The Morgan fingerprint density at radius 1 is 1.26 bits per heavy atom. The van der Waals surface area contributed by atoms with Gasteiger partial charge in [0, 0.05) is 25.9 Å². The monoisotopic (exact) mass is 324 g/mol. The number of hydrogen-bond acceptors (Lipinski definition) is 5. The highest BCUT2D eigenvalue weighted by Gasteiger charge is 2.28. The molecule has 2 heterocycles. The number of carbonyl (C=O) groups is 2. The molecule has 7 heteroatoms. The average Bonchev–Trinajstić information content (AvgIpc) is 2.46. The molecule has 126 valence electrons. The molecule has 0 spiro atoms. The molecule has 0 atom stereocenters. The van der Waals surface area contributed by atoms with E-state index in [-0.39, 0.29) is 17.9 Å². The molecule has 1 amide bonds. The Hall–Kier alpha value is -2.18. The summed E-state index contributed by atoms with van der Waals surface area (Å²) in [4.78, 5) is 28.9. The van der Waals surface area contributed by atoms with E-state index in [1.165, 1.54) is 12.1 Å². The third kappa shape index (κ3) is 5.19. The van der Waals surface area contributed by atoms with Crippen molar-refractivity contribution in [3.05, 3.63) is 29.8 Å². The Morgan fingerprint density at radius 3 is 2.48 bits per heavy atom. The number of aromatic nitrogens is 1. The molecule has 0 N–H and O–H groups in total. The molecule has 0 unspecified atom stereocenters. The molecule has 1 saturated heterocycles. The van der Waals surface area contributed by atoms with E-state index in [4.69, 9.17) is 9.47 Å². The summed E-state index contributed by atoms with van der Waals surface area (Å²) in [6, 6.07) is 3.97. The minimum absolute atomic E-state index is 0.0560. The molecule has 0 saturated carbocycles. The van der Waals surface area contributed by atoms with Crippen LogP contribution in [0.5, 0.6) is 0 Å². The van der Waals surface area contributed by atoms with Crippen LogP contribution in [0.1, 0.15) is 44.1 Å². The van der Waals surface area contributed by atoms with Crippen LogP contribution in [0.25, 0.3) is 0 Å². The Kier molecular flexibility index (Phi) is 5.18. The summed E-state index contributed by atoms with van der Waals surface area (Å²) in [5.74, 6) is -1.38. The number of nitrogens with zero attached hydrogens (tertiary/aromatic N) is 2. The van der Waals surface area contributed by atoms with E-state index in [0.29, 0.717) is 25.9 Å². The highest BCUT2D eigenvalue weighted by atomic mass is 19.1. The molecule has 1 aliphatic rings. The maximum absolute atomic E-state index is 13.0. The van der Waals surface area contributed by atoms with E-state index < -0.39 is 17.5 Å². The Bertz CT molecular complexity index is 578. The van der Waals surface area contributed by atoms with Crippen LogP contribution in [-0.2, 0) is 9.47 Å². The second kappa shape index (κ2) is 6.93. The van der Waals surface area contributed by atoms with Crippen molar-refractivity contribution in [1.82, 2.24) is 9.88 Å². The number of rotatable bonds is 2. The first-order valence-electron chi connectivity index (χ1n) is 7.56. The number of amides is 1. The zero-order chi connectivity index (χ0) is 17.0. The molecule has 0 bridgehead atoms. The van der Waals surface area contributed by atoms with Crippen molar-refractivity contribution < 1.29 is 23.5 Å². The lowest BCUT2D eigenvalue weighted by molar-refractivity contribution is -0.00377.